The Morgan fingerprint density at radius 1 is 1.00 bits per heavy atom. The van der Waals surface area contributed by atoms with Crippen molar-refractivity contribution in [1.29, 1.82) is 0 Å². The summed E-state index contributed by atoms with van der Waals surface area (Å²) in [4.78, 5) is 12.7. The van der Waals surface area contributed by atoms with Crippen LogP contribution in [0.25, 0.3) is 0 Å². The maximum atomic E-state index is 12.9. The number of aryl methyl sites for hydroxylation is 1. The number of amides is 1. The molecule has 0 bridgehead atoms. The molecular formula is C20H14Cl2INO4S. The predicted molar refractivity (Wildman–Crippen MR) is 122 cm³/mol. The number of halogens is 3. The molecule has 2 N–H and O–H groups in total. The summed E-state index contributed by atoms with van der Waals surface area (Å²) in [7, 11) is -3.84. The van der Waals surface area contributed by atoms with Crippen molar-refractivity contribution in [3.05, 3.63) is 79.3 Å². The van der Waals surface area contributed by atoms with Gasteiger partial charge < -0.3 is 10.4 Å². The SMILES string of the molecule is Cc1cc(I)c(O)c(C(=O)Nc2cc(S(=O)(=O)c3ccc(Cl)cc3)ccc2Cl)c1. The number of sulfone groups is 1. The van der Waals surface area contributed by atoms with E-state index in [1.165, 1.54) is 48.5 Å². The fourth-order valence-electron chi connectivity index (χ4n) is 2.61. The van der Waals surface area contributed by atoms with Crippen molar-refractivity contribution in [2.75, 3.05) is 5.32 Å². The number of benzene rings is 3. The highest BCUT2D eigenvalue weighted by atomic mass is 127. The van der Waals surface area contributed by atoms with E-state index in [4.69, 9.17) is 23.2 Å². The van der Waals surface area contributed by atoms with E-state index in [2.05, 4.69) is 5.32 Å². The molecule has 0 radical (unpaired) electrons. The van der Waals surface area contributed by atoms with Gasteiger partial charge in [-0.25, -0.2) is 8.42 Å². The number of phenols is 1. The summed E-state index contributed by atoms with van der Waals surface area (Å²) in [5.41, 5.74) is 0.974. The van der Waals surface area contributed by atoms with E-state index in [9.17, 15) is 18.3 Å². The van der Waals surface area contributed by atoms with Gasteiger partial charge >= 0.3 is 0 Å². The van der Waals surface area contributed by atoms with Gasteiger partial charge in [0.2, 0.25) is 9.84 Å². The fourth-order valence-corrected chi connectivity index (χ4v) is 4.97. The Morgan fingerprint density at radius 3 is 2.28 bits per heavy atom. The third-order valence-electron chi connectivity index (χ3n) is 4.07. The molecule has 5 nitrogen and oxygen atoms in total. The number of anilines is 1. The Bertz CT molecular complexity index is 1210. The maximum absolute atomic E-state index is 12.9. The van der Waals surface area contributed by atoms with Crippen LogP contribution in [-0.4, -0.2) is 19.4 Å². The molecule has 0 aliphatic carbocycles. The van der Waals surface area contributed by atoms with Gasteiger partial charge in [-0.15, -0.1) is 0 Å². The average molecular weight is 562 g/mol. The summed E-state index contributed by atoms with van der Waals surface area (Å²) in [5.74, 6) is -0.762. The van der Waals surface area contributed by atoms with Crippen molar-refractivity contribution in [2.24, 2.45) is 0 Å². The monoisotopic (exact) mass is 561 g/mol. The van der Waals surface area contributed by atoms with Gasteiger partial charge in [0, 0.05) is 5.02 Å². The van der Waals surface area contributed by atoms with Crippen LogP contribution in [0.3, 0.4) is 0 Å². The third kappa shape index (κ3) is 4.69. The number of carbonyl (C=O) groups is 1. The lowest BCUT2D eigenvalue weighted by atomic mass is 10.1. The van der Waals surface area contributed by atoms with E-state index >= 15 is 0 Å². The Hall–Kier alpha value is -1.81. The quantitative estimate of drug-likeness (QED) is 0.400. The number of phenolic OH excluding ortho intramolecular Hbond substituents is 1. The fraction of sp³-hybridized carbons (Fsp3) is 0.0500. The molecule has 0 fully saturated rings. The number of carbonyl (C=O) groups excluding carboxylic acids is 1. The van der Waals surface area contributed by atoms with Crippen molar-refractivity contribution in [1.82, 2.24) is 0 Å². The van der Waals surface area contributed by atoms with Gasteiger partial charge in [0.25, 0.3) is 5.91 Å². The Labute approximate surface area is 191 Å². The topological polar surface area (TPSA) is 83.5 Å². The van der Waals surface area contributed by atoms with E-state index in [1.807, 2.05) is 22.6 Å². The van der Waals surface area contributed by atoms with Gasteiger partial charge in [0.05, 0.1) is 29.6 Å². The number of nitrogens with one attached hydrogen (secondary N) is 1. The summed E-state index contributed by atoms with van der Waals surface area (Å²) in [6.07, 6.45) is 0. The molecule has 3 aromatic rings. The van der Waals surface area contributed by atoms with Crippen LogP contribution < -0.4 is 5.32 Å². The molecule has 0 saturated heterocycles. The second kappa shape index (κ2) is 8.51. The lowest BCUT2D eigenvalue weighted by Gasteiger charge is -2.12. The first-order chi connectivity index (χ1) is 13.6. The molecule has 0 aliphatic heterocycles. The van der Waals surface area contributed by atoms with Gasteiger partial charge in [-0.1, -0.05) is 23.2 Å². The van der Waals surface area contributed by atoms with Crippen molar-refractivity contribution in [2.45, 2.75) is 16.7 Å². The zero-order chi connectivity index (χ0) is 21.3. The van der Waals surface area contributed by atoms with E-state index in [1.54, 1.807) is 13.0 Å². The molecule has 0 aliphatic rings. The molecule has 29 heavy (non-hydrogen) atoms. The van der Waals surface area contributed by atoms with Crippen LogP contribution in [0.1, 0.15) is 15.9 Å². The Balaban J connectivity index is 1.98. The van der Waals surface area contributed by atoms with E-state index in [0.29, 0.717) is 8.59 Å². The van der Waals surface area contributed by atoms with E-state index in [0.717, 1.165) is 5.56 Å². The molecule has 3 aromatic carbocycles. The highest BCUT2D eigenvalue weighted by molar-refractivity contribution is 14.1. The zero-order valence-corrected chi connectivity index (χ0v) is 19.4. The molecular weight excluding hydrogens is 548 g/mol. The molecule has 0 heterocycles. The van der Waals surface area contributed by atoms with Crippen LogP contribution in [0.15, 0.2) is 64.4 Å². The number of hydrogen-bond donors (Lipinski definition) is 2. The standard InChI is InChI=1S/C20H14Cl2INO4S/c1-11-8-15(19(25)17(23)9-11)20(26)24-18-10-14(6-7-16(18)22)29(27,28)13-4-2-12(21)3-5-13/h2-10,25H,1H3,(H,24,26). The zero-order valence-electron chi connectivity index (χ0n) is 14.9. The molecule has 9 heteroatoms. The first kappa shape index (κ1) is 21.9. The molecule has 0 spiro atoms. The average Bonchev–Trinajstić information content (AvgIpc) is 2.66. The van der Waals surface area contributed by atoms with Crippen LogP contribution in [0.5, 0.6) is 5.75 Å². The molecule has 0 aromatic heterocycles. The molecule has 0 atom stereocenters. The summed E-state index contributed by atoms with van der Waals surface area (Å²) in [6, 6.07) is 13.1. The Kier molecular flexibility index (Phi) is 6.42. The summed E-state index contributed by atoms with van der Waals surface area (Å²) < 4.78 is 26.3. The van der Waals surface area contributed by atoms with Crippen LogP contribution in [-0.2, 0) is 9.84 Å². The highest BCUT2D eigenvalue weighted by Crippen LogP contribution is 2.31. The lowest BCUT2D eigenvalue weighted by molar-refractivity contribution is 0.102. The summed E-state index contributed by atoms with van der Waals surface area (Å²) in [6.45, 7) is 1.80. The van der Waals surface area contributed by atoms with Crippen LogP contribution in [0.4, 0.5) is 5.69 Å². The predicted octanol–water partition coefficient (Wildman–Crippen LogP) is 5.70. The normalized spacial score (nSPS) is 11.3. The van der Waals surface area contributed by atoms with Crippen LogP contribution >= 0.6 is 45.8 Å². The van der Waals surface area contributed by atoms with Gasteiger partial charge in [-0.3, -0.25) is 4.79 Å². The highest BCUT2D eigenvalue weighted by Gasteiger charge is 2.21. The van der Waals surface area contributed by atoms with Crippen LogP contribution in [0.2, 0.25) is 10.0 Å². The van der Waals surface area contributed by atoms with Gasteiger partial charge in [0.1, 0.15) is 5.75 Å². The minimum atomic E-state index is -3.84. The largest absolute Gasteiger partial charge is 0.506 e. The molecule has 3 rings (SSSR count). The van der Waals surface area contributed by atoms with Crippen molar-refractivity contribution in [3.8, 4) is 5.75 Å². The first-order valence-corrected chi connectivity index (χ1v) is 11.5. The number of aromatic hydroxyl groups is 1. The minimum Gasteiger partial charge on any atom is -0.506 e. The lowest BCUT2D eigenvalue weighted by Crippen LogP contribution is -2.14. The molecule has 0 saturated carbocycles. The number of rotatable bonds is 4. The van der Waals surface area contributed by atoms with E-state index < -0.39 is 15.7 Å². The minimum absolute atomic E-state index is 0.0393. The van der Waals surface area contributed by atoms with Gasteiger partial charge in [0.15, 0.2) is 0 Å². The molecule has 0 unspecified atom stereocenters. The molecule has 150 valence electrons. The molecule has 1 amide bonds. The van der Waals surface area contributed by atoms with Crippen molar-refractivity contribution < 1.29 is 18.3 Å². The summed E-state index contributed by atoms with van der Waals surface area (Å²) in [5, 5.41) is 13.3. The number of hydrogen-bond acceptors (Lipinski definition) is 4. The smallest absolute Gasteiger partial charge is 0.259 e. The first-order valence-electron chi connectivity index (χ1n) is 8.20. The maximum Gasteiger partial charge on any atom is 0.259 e. The second-order valence-electron chi connectivity index (χ2n) is 6.20. The van der Waals surface area contributed by atoms with Gasteiger partial charge in [-0.2, -0.15) is 0 Å². The van der Waals surface area contributed by atoms with Gasteiger partial charge in [-0.05, 0) is 89.7 Å². The van der Waals surface area contributed by atoms with Crippen LogP contribution in [0, 0.1) is 10.5 Å². The van der Waals surface area contributed by atoms with E-state index in [-0.39, 0.29) is 31.8 Å². The Morgan fingerprint density at radius 2 is 1.62 bits per heavy atom. The third-order valence-corrected chi connectivity index (χ3v) is 7.24. The summed E-state index contributed by atoms with van der Waals surface area (Å²) >= 11 is 13.9. The second-order valence-corrected chi connectivity index (χ2v) is 10.2. The van der Waals surface area contributed by atoms with Crippen molar-refractivity contribution >= 4 is 67.2 Å². The van der Waals surface area contributed by atoms with Crippen molar-refractivity contribution in [3.63, 3.8) is 0 Å².